The van der Waals surface area contributed by atoms with Crippen LogP contribution in [0.4, 0.5) is 17.6 Å². The zero-order valence-electron chi connectivity index (χ0n) is 9.15. The van der Waals surface area contributed by atoms with Crippen molar-refractivity contribution in [2.75, 3.05) is 6.54 Å². The number of piperidine rings is 1. The van der Waals surface area contributed by atoms with Gasteiger partial charge in [-0.05, 0) is 37.1 Å². The van der Waals surface area contributed by atoms with E-state index in [2.05, 4.69) is 5.32 Å². The molecule has 1 saturated heterocycles. The Bertz CT molecular complexity index is 394. The fourth-order valence-corrected chi connectivity index (χ4v) is 2.11. The highest BCUT2D eigenvalue weighted by Crippen LogP contribution is 2.34. The fourth-order valence-electron chi connectivity index (χ4n) is 2.11. The predicted octanol–water partition coefficient (Wildman–Crippen LogP) is 3.66. The van der Waals surface area contributed by atoms with Crippen molar-refractivity contribution in [3.63, 3.8) is 0 Å². The van der Waals surface area contributed by atoms with E-state index in [0.717, 1.165) is 37.9 Å². The van der Waals surface area contributed by atoms with Crippen LogP contribution >= 0.6 is 0 Å². The van der Waals surface area contributed by atoms with Gasteiger partial charge in [0.15, 0.2) is 0 Å². The molecule has 1 nitrogen and oxygen atoms in total. The van der Waals surface area contributed by atoms with E-state index in [1.807, 2.05) is 0 Å². The van der Waals surface area contributed by atoms with Crippen LogP contribution in [0, 0.1) is 5.82 Å². The average molecular weight is 247 g/mol. The third-order valence-electron chi connectivity index (χ3n) is 3.01. The second-order valence-electron chi connectivity index (χ2n) is 4.24. The molecule has 17 heavy (non-hydrogen) atoms. The lowest BCUT2D eigenvalue weighted by Crippen LogP contribution is -2.27. The lowest BCUT2D eigenvalue weighted by Gasteiger charge is -2.24. The van der Waals surface area contributed by atoms with Crippen LogP contribution in [0.3, 0.4) is 0 Å². The molecule has 2 rings (SSSR count). The summed E-state index contributed by atoms with van der Waals surface area (Å²) in [5.74, 6) is -1.21. The van der Waals surface area contributed by atoms with E-state index in [1.165, 1.54) is 6.07 Å². The molecule has 0 amide bonds. The van der Waals surface area contributed by atoms with E-state index >= 15 is 0 Å². The minimum Gasteiger partial charge on any atom is -0.310 e. The molecule has 1 aliphatic rings. The quantitative estimate of drug-likeness (QED) is 0.747. The zero-order chi connectivity index (χ0) is 12.5. The molecule has 0 radical (unpaired) electrons. The van der Waals surface area contributed by atoms with Gasteiger partial charge in [0.05, 0.1) is 5.56 Å². The topological polar surface area (TPSA) is 12.0 Å². The normalized spacial score (nSPS) is 21.5. The number of rotatable bonds is 1. The first kappa shape index (κ1) is 12.4. The zero-order valence-corrected chi connectivity index (χ0v) is 9.15. The maximum Gasteiger partial charge on any atom is 0.419 e. The molecule has 0 spiro atoms. The second-order valence-corrected chi connectivity index (χ2v) is 4.24. The van der Waals surface area contributed by atoms with E-state index in [-0.39, 0.29) is 6.04 Å². The summed E-state index contributed by atoms with van der Waals surface area (Å²) >= 11 is 0. The summed E-state index contributed by atoms with van der Waals surface area (Å²) in [6.07, 6.45) is -1.82. The Balaban J connectivity index is 2.30. The summed E-state index contributed by atoms with van der Waals surface area (Å²) in [6.45, 7) is 0.795. The maximum atomic E-state index is 13.1. The van der Waals surface area contributed by atoms with E-state index < -0.39 is 17.6 Å². The van der Waals surface area contributed by atoms with Crippen molar-refractivity contribution < 1.29 is 17.6 Å². The van der Waals surface area contributed by atoms with E-state index in [4.69, 9.17) is 0 Å². The van der Waals surface area contributed by atoms with Crippen LogP contribution in [0.25, 0.3) is 0 Å². The Morgan fingerprint density at radius 2 is 1.94 bits per heavy atom. The summed E-state index contributed by atoms with van der Waals surface area (Å²) < 4.78 is 50.7. The van der Waals surface area contributed by atoms with Gasteiger partial charge in [0, 0.05) is 6.04 Å². The van der Waals surface area contributed by atoms with Crippen LogP contribution in [0.2, 0.25) is 0 Å². The summed E-state index contributed by atoms with van der Waals surface area (Å²) in [5, 5.41) is 3.14. The largest absolute Gasteiger partial charge is 0.419 e. The van der Waals surface area contributed by atoms with Crippen molar-refractivity contribution in [1.82, 2.24) is 5.32 Å². The molecule has 1 heterocycles. The molecule has 0 aromatic heterocycles. The maximum absolute atomic E-state index is 13.1. The standard InChI is InChI=1S/C12H13F4N/c13-10-5-4-8(7-9(10)12(14,15)16)11-3-1-2-6-17-11/h4-5,7,11,17H,1-3,6H2/t11-/m1/s1. The molecule has 0 unspecified atom stereocenters. The minimum atomic E-state index is -4.63. The van der Waals surface area contributed by atoms with Crippen LogP contribution in [0.15, 0.2) is 18.2 Å². The number of benzene rings is 1. The minimum absolute atomic E-state index is 0.0922. The Morgan fingerprint density at radius 1 is 1.18 bits per heavy atom. The SMILES string of the molecule is Fc1ccc([C@H]2CCCCN2)cc1C(F)(F)F. The van der Waals surface area contributed by atoms with E-state index in [9.17, 15) is 17.6 Å². The summed E-state index contributed by atoms with van der Waals surface area (Å²) in [4.78, 5) is 0. The highest BCUT2D eigenvalue weighted by atomic mass is 19.4. The molecule has 1 N–H and O–H groups in total. The Hall–Kier alpha value is -1.10. The Labute approximate surface area is 96.8 Å². The van der Waals surface area contributed by atoms with Gasteiger partial charge in [0.1, 0.15) is 5.82 Å². The number of halogens is 4. The molecule has 0 saturated carbocycles. The first-order chi connectivity index (χ1) is 7.98. The highest BCUT2D eigenvalue weighted by molar-refractivity contribution is 5.29. The van der Waals surface area contributed by atoms with Crippen LogP contribution in [-0.2, 0) is 6.18 Å². The summed E-state index contributed by atoms with van der Waals surface area (Å²) in [7, 11) is 0. The molecule has 94 valence electrons. The molecule has 1 atom stereocenters. The summed E-state index contributed by atoms with van der Waals surface area (Å²) in [6, 6.07) is 3.14. The van der Waals surface area contributed by atoms with Crippen LogP contribution in [-0.4, -0.2) is 6.54 Å². The highest BCUT2D eigenvalue weighted by Gasteiger charge is 2.34. The van der Waals surface area contributed by atoms with Gasteiger partial charge in [0.25, 0.3) is 0 Å². The fraction of sp³-hybridized carbons (Fsp3) is 0.500. The second kappa shape index (κ2) is 4.64. The van der Waals surface area contributed by atoms with Gasteiger partial charge in [-0.1, -0.05) is 12.5 Å². The predicted molar refractivity (Wildman–Crippen MR) is 56.0 cm³/mol. The number of hydrogen-bond acceptors (Lipinski definition) is 1. The van der Waals surface area contributed by atoms with Gasteiger partial charge in [0.2, 0.25) is 0 Å². The van der Waals surface area contributed by atoms with Gasteiger partial charge in [-0.3, -0.25) is 0 Å². The van der Waals surface area contributed by atoms with Crippen molar-refractivity contribution in [1.29, 1.82) is 0 Å². The number of alkyl halides is 3. The van der Waals surface area contributed by atoms with Crippen molar-refractivity contribution >= 4 is 0 Å². The third kappa shape index (κ3) is 2.77. The lowest BCUT2D eigenvalue weighted by atomic mass is 9.96. The molecule has 1 aromatic carbocycles. The van der Waals surface area contributed by atoms with E-state index in [1.54, 1.807) is 0 Å². The van der Waals surface area contributed by atoms with Crippen molar-refractivity contribution in [2.45, 2.75) is 31.5 Å². The van der Waals surface area contributed by atoms with Gasteiger partial charge < -0.3 is 5.32 Å². The monoisotopic (exact) mass is 247 g/mol. The van der Waals surface area contributed by atoms with Gasteiger partial charge in [-0.25, -0.2) is 4.39 Å². The smallest absolute Gasteiger partial charge is 0.310 e. The molecule has 5 heteroatoms. The molecule has 0 aliphatic carbocycles. The third-order valence-corrected chi connectivity index (χ3v) is 3.01. The van der Waals surface area contributed by atoms with E-state index in [0.29, 0.717) is 5.56 Å². The number of nitrogens with one attached hydrogen (secondary N) is 1. The van der Waals surface area contributed by atoms with Crippen molar-refractivity contribution in [3.05, 3.63) is 35.1 Å². The first-order valence-corrected chi connectivity index (χ1v) is 5.58. The molecule has 0 bridgehead atoms. The van der Waals surface area contributed by atoms with Gasteiger partial charge >= 0.3 is 6.18 Å². The Morgan fingerprint density at radius 3 is 2.53 bits per heavy atom. The first-order valence-electron chi connectivity index (χ1n) is 5.58. The molecular formula is C12H13F4N. The van der Waals surface area contributed by atoms with Crippen molar-refractivity contribution in [2.24, 2.45) is 0 Å². The van der Waals surface area contributed by atoms with Crippen molar-refractivity contribution in [3.8, 4) is 0 Å². The average Bonchev–Trinajstić information content (AvgIpc) is 2.29. The van der Waals surface area contributed by atoms with Gasteiger partial charge in [-0.15, -0.1) is 0 Å². The molecular weight excluding hydrogens is 234 g/mol. The van der Waals surface area contributed by atoms with Crippen LogP contribution in [0.5, 0.6) is 0 Å². The van der Waals surface area contributed by atoms with Crippen LogP contribution in [0.1, 0.15) is 36.4 Å². The van der Waals surface area contributed by atoms with Gasteiger partial charge in [-0.2, -0.15) is 13.2 Å². The summed E-state index contributed by atoms with van der Waals surface area (Å²) in [5.41, 5.74) is -0.666. The number of hydrogen-bond donors (Lipinski definition) is 1. The molecule has 1 aliphatic heterocycles. The molecule has 1 fully saturated rings. The molecule has 1 aromatic rings. The lowest BCUT2D eigenvalue weighted by molar-refractivity contribution is -0.140. The Kier molecular flexibility index (Phi) is 3.38. The van der Waals surface area contributed by atoms with Crippen LogP contribution < -0.4 is 5.32 Å².